The molecule has 1 aliphatic heterocycles. The molecule has 17 heavy (non-hydrogen) atoms. The summed E-state index contributed by atoms with van der Waals surface area (Å²) in [5.41, 5.74) is 3.18. The molecule has 4 nitrogen and oxygen atoms in total. The Morgan fingerprint density at radius 3 is 2.82 bits per heavy atom. The number of aromatic nitrogens is 1. The third kappa shape index (κ3) is 2.70. The molecule has 1 atom stereocenters. The minimum Gasteiger partial charge on any atom is -0.386 e. The minimum atomic E-state index is -0.669. The summed E-state index contributed by atoms with van der Waals surface area (Å²) in [5, 5.41) is 13.4. The third-order valence-electron chi connectivity index (χ3n) is 3.73. The molecule has 0 aromatic carbocycles. The Labute approximate surface area is 103 Å². The third-order valence-corrected chi connectivity index (χ3v) is 3.73. The van der Waals surface area contributed by atoms with Gasteiger partial charge in [-0.25, -0.2) is 0 Å². The quantitative estimate of drug-likeness (QED) is 0.818. The normalized spacial score (nSPS) is 24.5. The maximum Gasteiger partial charge on any atom is 0.102 e. The van der Waals surface area contributed by atoms with Crippen molar-refractivity contribution in [3.8, 4) is 0 Å². The highest BCUT2D eigenvalue weighted by molar-refractivity contribution is 5.26. The Morgan fingerprint density at radius 1 is 1.53 bits per heavy atom. The molecule has 2 N–H and O–H groups in total. The van der Waals surface area contributed by atoms with Gasteiger partial charge < -0.3 is 19.7 Å². The fourth-order valence-electron chi connectivity index (χ4n) is 2.28. The van der Waals surface area contributed by atoms with Gasteiger partial charge in [-0.1, -0.05) is 0 Å². The molecule has 0 bridgehead atoms. The summed E-state index contributed by atoms with van der Waals surface area (Å²) in [6, 6.07) is 2.19. The van der Waals surface area contributed by atoms with Crippen molar-refractivity contribution in [3.63, 3.8) is 0 Å². The van der Waals surface area contributed by atoms with E-state index in [1.54, 1.807) is 0 Å². The molecule has 1 aromatic rings. The van der Waals surface area contributed by atoms with Gasteiger partial charge in [0, 0.05) is 44.6 Å². The SMILES string of the molecule is Cc1cc(CNCC2(O)CCOC2)c(C)n1C. The Kier molecular flexibility index (Phi) is 3.56. The topological polar surface area (TPSA) is 46.4 Å². The Bertz CT molecular complexity index is 392. The summed E-state index contributed by atoms with van der Waals surface area (Å²) >= 11 is 0. The van der Waals surface area contributed by atoms with Crippen molar-refractivity contribution in [2.24, 2.45) is 7.05 Å². The molecule has 0 radical (unpaired) electrons. The fourth-order valence-corrected chi connectivity index (χ4v) is 2.28. The van der Waals surface area contributed by atoms with Crippen LogP contribution in [0.2, 0.25) is 0 Å². The van der Waals surface area contributed by atoms with Crippen LogP contribution in [-0.2, 0) is 18.3 Å². The van der Waals surface area contributed by atoms with Crippen LogP contribution >= 0.6 is 0 Å². The highest BCUT2D eigenvalue weighted by atomic mass is 16.5. The second kappa shape index (κ2) is 4.80. The first-order chi connectivity index (χ1) is 8.02. The van der Waals surface area contributed by atoms with Crippen LogP contribution in [0.4, 0.5) is 0 Å². The lowest BCUT2D eigenvalue weighted by Crippen LogP contribution is -2.40. The summed E-state index contributed by atoms with van der Waals surface area (Å²) in [7, 11) is 2.08. The van der Waals surface area contributed by atoms with Crippen molar-refractivity contribution in [1.29, 1.82) is 0 Å². The van der Waals surface area contributed by atoms with Crippen LogP contribution in [0, 0.1) is 13.8 Å². The average molecular weight is 238 g/mol. The molecule has 4 heteroatoms. The molecule has 1 aromatic heterocycles. The van der Waals surface area contributed by atoms with Crippen LogP contribution in [0.5, 0.6) is 0 Å². The summed E-state index contributed by atoms with van der Waals surface area (Å²) < 4.78 is 7.40. The molecule has 96 valence electrons. The van der Waals surface area contributed by atoms with E-state index in [1.807, 2.05) is 0 Å². The number of nitrogens with zero attached hydrogens (tertiary/aromatic N) is 1. The van der Waals surface area contributed by atoms with Crippen molar-refractivity contribution < 1.29 is 9.84 Å². The van der Waals surface area contributed by atoms with Gasteiger partial charge in [0.1, 0.15) is 5.60 Å². The van der Waals surface area contributed by atoms with Gasteiger partial charge in [0.15, 0.2) is 0 Å². The zero-order chi connectivity index (χ0) is 12.5. The van der Waals surface area contributed by atoms with E-state index in [0.29, 0.717) is 19.8 Å². The van der Waals surface area contributed by atoms with Crippen molar-refractivity contribution in [2.75, 3.05) is 19.8 Å². The second-order valence-electron chi connectivity index (χ2n) is 5.09. The highest BCUT2D eigenvalue weighted by Gasteiger charge is 2.31. The number of aliphatic hydroxyl groups is 1. The molecule has 0 spiro atoms. The van der Waals surface area contributed by atoms with E-state index in [4.69, 9.17) is 4.74 Å². The Balaban J connectivity index is 1.87. The molecular weight excluding hydrogens is 216 g/mol. The molecule has 1 aliphatic rings. The van der Waals surface area contributed by atoms with E-state index < -0.39 is 5.60 Å². The van der Waals surface area contributed by atoms with Gasteiger partial charge in [0.2, 0.25) is 0 Å². The van der Waals surface area contributed by atoms with Crippen molar-refractivity contribution in [3.05, 3.63) is 23.0 Å². The zero-order valence-corrected chi connectivity index (χ0v) is 10.9. The predicted octanol–water partition coefficient (Wildman–Crippen LogP) is 0.883. The lowest BCUT2D eigenvalue weighted by Gasteiger charge is -2.20. The van der Waals surface area contributed by atoms with Crippen LogP contribution in [0.3, 0.4) is 0 Å². The lowest BCUT2D eigenvalue weighted by molar-refractivity contribution is 0.0268. The van der Waals surface area contributed by atoms with Gasteiger partial charge in [0.05, 0.1) is 6.61 Å². The maximum absolute atomic E-state index is 10.1. The van der Waals surface area contributed by atoms with Crippen molar-refractivity contribution >= 4 is 0 Å². The van der Waals surface area contributed by atoms with E-state index >= 15 is 0 Å². The lowest BCUT2D eigenvalue weighted by atomic mass is 10.0. The van der Waals surface area contributed by atoms with E-state index in [-0.39, 0.29) is 0 Å². The smallest absolute Gasteiger partial charge is 0.102 e. The monoisotopic (exact) mass is 238 g/mol. The van der Waals surface area contributed by atoms with Crippen molar-refractivity contribution in [2.45, 2.75) is 32.4 Å². The molecule has 1 fully saturated rings. The Morgan fingerprint density at radius 2 is 2.29 bits per heavy atom. The van der Waals surface area contributed by atoms with Crippen molar-refractivity contribution in [1.82, 2.24) is 9.88 Å². The summed E-state index contributed by atoms with van der Waals surface area (Å²) in [6.07, 6.45) is 0.729. The molecule has 1 unspecified atom stereocenters. The van der Waals surface area contributed by atoms with E-state index in [2.05, 4.69) is 36.8 Å². The van der Waals surface area contributed by atoms with Gasteiger partial charge in [-0.15, -0.1) is 0 Å². The standard InChI is InChI=1S/C13H22N2O2/c1-10-6-12(11(2)15(10)3)7-14-8-13(16)4-5-17-9-13/h6,14,16H,4-5,7-9H2,1-3H3. The largest absolute Gasteiger partial charge is 0.386 e. The minimum absolute atomic E-state index is 0.451. The highest BCUT2D eigenvalue weighted by Crippen LogP contribution is 2.18. The number of hydrogen-bond donors (Lipinski definition) is 2. The van der Waals surface area contributed by atoms with Crippen LogP contribution in [0.1, 0.15) is 23.4 Å². The van der Waals surface area contributed by atoms with Crippen LogP contribution in [0.25, 0.3) is 0 Å². The summed E-state index contributed by atoms with van der Waals surface area (Å²) in [6.45, 7) is 6.75. The van der Waals surface area contributed by atoms with Gasteiger partial charge in [0.25, 0.3) is 0 Å². The number of hydrogen-bond acceptors (Lipinski definition) is 3. The molecule has 1 saturated heterocycles. The van der Waals surface area contributed by atoms with Crippen LogP contribution in [-0.4, -0.2) is 35.0 Å². The van der Waals surface area contributed by atoms with E-state index in [0.717, 1.165) is 13.0 Å². The number of aryl methyl sites for hydroxylation is 1. The molecule has 0 amide bonds. The van der Waals surface area contributed by atoms with Crippen LogP contribution in [0.15, 0.2) is 6.07 Å². The molecule has 0 aliphatic carbocycles. The van der Waals surface area contributed by atoms with Gasteiger partial charge in [-0.3, -0.25) is 0 Å². The number of rotatable bonds is 4. The number of nitrogens with one attached hydrogen (secondary N) is 1. The Hall–Kier alpha value is -0.840. The summed E-state index contributed by atoms with van der Waals surface area (Å²) in [5.74, 6) is 0. The van der Waals surface area contributed by atoms with Gasteiger partial charge >= 0.3 is 0 Å². The maximum atomic E-state index is 10.1. The molecule has 0 saturated carbocycles. The zero-order valence-electron chi connectivity index (χ0n) is 10.9. The fraction of sp³-hybridized carbons (Fsp3) is 0.692. The summed E-state index contributed by atoms with van der Waals surface area (Å²) in [4.78, 5) is 0. The van der Waals surface area contributed by atoms with Gasteiger partial charge in [-0.05, 0) is 25.5 Å². The molecule has 2 heterocycles. The first-order valence-corrected chi connectivity index (χ1v) is 6.14. The van der Waals surface area contributed by atoms with Gasteiger partial charge in [-0.2, -0.15) is 0 Å². The van der Waals surface area contributed by atoms with E-state index in [9.17, 15) is 5.11 Å². The average Bonchev–Trinajstić information content (AvgIpc) is 2.81. The number of ether oxygens (including phenoxy) is 1. The first-order valence-electron chi connectivity index (χ1n) is 6.14. The predicted molar refractivity (Wildman–Crippen MR) is 67.0 cm³/mol. The molecular formula is C13H22N2O2. The first kappa shape index (κ1) is 12.6. The van der Waals surface area contributed by atoms with Crippen LogP contribution < -0.4 is 5.32 Å². The second-order valence-corrected chi connectivity index (χ2v) is 5.09. The molecule has 2 rings (SSSR count). The van der Waals surface area contributed by atoms with E-state index in [1.165, 1.54) is 17.0 Å².